The minimum absolute atomic E-state index is 0.105. The van der Waals surface area contributed by atoms with Crippen molar-refractivity contribution >= 4 is 17.3 Å². The van der Waals surface area contributed by atoms with E-state index in [1.165, 1.54) is 12.1 Å². The molecule has 0 atom stereocenters. The third-order valence-corrected chi connectivity index (χ3v) is 3.32. The third-order valence-electron chi connectivity index (χ3n) is 3.00. The predicted octanol–water partition coefficient (Wildman–Crippen LogP) is 3.18. The summed E-state index contributed by atoms with van der Waals surface area (Å²) < 4.78 is 0. The Balaban J connectivity index is 2.14. The molecule has 6 nitrogen and oxygen atoms in total. The number of aromatic amines is 1. The summed E-state index contributed by atoms with van der Waals surface area (Å²) in [5, 5.41) is 14.3. The predicted molar refractivity (Wildman–Crippen MR) is 82.5 cm³/mol. The van der Waals surface area contributed by atoms with Crippen molar-refractivity contribution < 1.29 is 4.92 Å². The van der Waals surface area contributed by atoms with Gasteiger partial charge in [-0.1, -0.05) is 31.5 Å². The van der Waals surface area contributed by atoms with Crippen molar-refractivity contribution in [1.82, 2.24) is 15.3 Å². The van der Waals surface area contributed by atoms with Gasteiger partial charge in [0.05, 0.1) is 16.8 Å². The minimum atomic E-state index is -0.490. The van der Waals surface area contributed by atoms with Crippen LogP contribution in [0.25, 0.3) is 11.3 Å². The van der Waals surface area contributed by atoms with Crippen molar-refractivity contribution in [2.45, 2.75) is 26.3 Å². The van der Waals surface area contributed by atoms with Crippen molar-refractivity contribution in [3.63, 3.8) is 0 Å². The van der Waals surface area contributed by atoms with Crippen LogP contribution in [0, 0.1) is 10.1 Å². The van der Waals surface area contributed by atoms with Crippen LogP contribution < -0.4 is 5.32 Å². The lowest BCUT2D eigenvalue weighted by Gasteiger charge is -2.05. The second-order valence-electron chi connectivity index (χ2n) is 5.03. The lowest BCUT2D eigenvalue weighted by molar-refractivity contribution is -0.384. The first-order valence-electron chi connectivity index (χ1n) is 6.69. The van der Waals surface area contributed by atoms with E-state index in [9.17, 15) is 10.1 Å². The van der Waals surface area contributed by atoms with E-state index in [4.69, 9.17) is 11.6 Å². The zero-order chi connectivity index (χ0) is 15.4. The number of nitrogens with zero attached hydrogens (tertiary/aromatic N) is 2. The van der Waals surface area contributed by atoms with Gasteiger partial charge in [0.25, 0.3) is 5.69 Å². The van der Waals surface area contributed by atoms with Gasteiger partial charge in [-0.15, -0.1) is 0 Å². The van der Waals surface area contributed by atoms with Crippen LogP contribution in [0.5, 0.6) is 0 Å². The average Bonchev–Trinajstić information content (AvgIpc) is 2.87. The zero-order valence-corrected chi connectivity index (χ0v) is 12.6. The van der Waals surface area contributed by atoms with Gasteiger partial charge in [-0.2, -0.15) is 0 Å². The summed E-state index contributed by atoms with van der Waals surface area (Å²) in [6.07, 6.45) is 2.45. The summed E-state index contributed by atoms with van der Waals surface area (Å²) in [4.78, 5) is 17.9. The summed E-state index contributed by atoms with van der Waals surface area (Å²) in [6, 6.07) is 5.14. The molecule has 0 fully saturated rings. The van der Waals surface area contributed by atoms with Gasteiger partial charge in [-0.25, -0.2) is 4.98 Å². The maximum Gasteiger partial charge on any atom is 0.288 e. The molecule has 2 N–H and O–H groups in total. The fourth-order valence-corrected chi connectivity index (χ4v) is 2.12. The highest BCUT2D eigenvalue weighted by Gasteiger charge is 2.14. The van der Waals surface area contributed by atoms with E-state index in [-0.39, 0.29) is 10.7 Å². The third kappa shape index (κ3) is 4.03. The van der Waals surface area contributed by atoms with Gasteiger partial charge in [-0.05, 0) is 6.07 Å². The molecule has 0 unspecified atom stereocenters. The first-order chi connectivity index (χ1) is 9.97. The molecule has 7 heteroatoms. The van der Waals surface area contributed by atoms with E-state index in [0.29, 0.717) is 11.6 Å². The molecule has 1 heterocycles. The summed E-state index contributed by atoms with van der Waals surface area (Å²) in [5.41, 5.74) is 1.34. The standard InChI is InChI=1S/C14H17ClN4O2/c1-9(2)16-6-5-14-17-8-12(18-14)10-3-4-11(15)13(7-10)19(20)21/h3-4,7-9,16H,5-6H2,1-2H3,(H,17,18). The molecule has 0 aliphatic carbocycles. The second-order valence-corrected chi connectivity index (χ2v) is 5.43. The molecule has 1 aromatic heterocycles. The van der Waals surface area contributed by atoms with Crippen molar-refractivity contribution in [2.24, 2.45) is 0 Å². The first kappa shape index (κ1) is 15.5. The van der Waals surface area contributed by atoms with Crippen molar-refractivity contribution in [3.8, 4) is 11.3 Å². The highest BCUT2D eigenvalue weighted by atomic mass is 35.5. The molecule has 0 aliphatic rings. The number of imidazole rings is 1. The smallest absolute Gasteiger partial charge is 0.288 e. The van der Waals surface area contributed by atoms with Crippen molar-refractivity contribution in [1.29, 1.82) is 0 Å². The van der Waals surface area contributed by atoms with Gasteiger partial charge in [0.15, 0.2) is 0 Å². The van der Waals surface area contributed by atoms with Crippen molar-refractivity contribution in [2.75, 3.05) is 6.54 Å². The van der Waals surface area contributed by atoms with Gasteiger partial charge in [0, 0.05) is 30.6 Å². The number of hydrogen-bond acceptors (Lipinski definition) is 4. The number of nitrogens with one attached hydrogen (secondary N) is 2. The first-order valence-corrected chi connectivity index (χ1v) is 7.06. The Kier molecular flexibility index (Phi) is 4.93. The number of rotatable bonds is 6. The Morgan fingerprint density at radius 1 is 1.48 bits per heavy atom. The van der Waals surface area contributed by atoms with E-state index in [1.807, 2.05) is 0 Å². The maximum atomic E-state index is 10.9. The van der Waals surface area contributed by atoms with Crippen LogP contribution in [0.1, 0.15) is 19.7 Å². The molecule has 0 saturated heterocycles. The van der Waals surface area contributed by atoms with E-state index >= 15 is 0 Å². The molecule has 2 rings (SSSR count). The van der Waals surface area contributed by atoms with Crippen LogP contribution in [0.4, 0.5) is 5.69 Å². The quantitative estimate of drug-likeness (QED) is 0.634. The average molecular weight is 309 g/mol. The lowest BCUT2D eigenvalue weighted by Crippen LogP contribution is -2.25. The van der Waals surface area contributed by atoms with Crippen LogP contribution in [0.15, 0.2) is 24.4 Å². The fourth-order valence-electron chi connectivity index (χ4n) is 1.94. The number of aromatic nitrogens is 2. The highest BCUT2D eigenvalue weighted by molar-refractivity contribution is 6.32. The number of H-pyrrole nitrogens is 1. The molecule has 0 spiro atoms. The molecular formula is C14H17ClN4O2. The van der Waals surface area contributed by atoms with Crippen LogP contribution in [0.3, 0.4) is 0 Å². The molecule has 2 aromatic rings. The molecule has 1 aromatic carbocycles. The summed E-state index contributed by atoms with van der Waals surface area (Å²) in [6.45, 7) is 4.99. The zero-order valence-electron chi connectivity index (χ0n) is 11.9. The number of nitro groups is 1. The van der Waals surface area contributed by atoms with Crippen molar-refractivity contribution in [3.05, 3.63) is 45.4 Å². The van der Waals surface area contributed by atoms with Gasteiger partial charge in [0.2, 0.25) is 0 Å². The summed E-state index contributed by atoms with van der Waals surface area (Å²) in [5.74, 6) is 0.843. The Morgan fingerprint density at radius 2 is 2.24 bits per heavy atom. The monoisotopic (exact) mass is 308 g/mol. The fraction of sp³-hybridized carbons (Fsp3) is 0.357. The van der Waals surface area contributed by atoms with Crippen LogP contribution in [-0.4, -0.2) is 27.5 Å². The Labute approximate surface area is 127 Å². The number of benzene rings is 1. The van der Waals surface area contributed by atoms with Crippen LogP contribution in [-0.2, 0) is 6.42 Å². The topological polar surface area (TPSA) is 83.8 Å². The molecule has 112 valence electrons. The Morgan fingerprint density at radius 3 is 2.90 bits per heavy atom. The number of hydrogen-bond donors (Lipinski definition) is 2. The van der Waals surface area contributed by atoms with E-state index in [0.717, 1.165) is 24.5 Å². The van der Waals surface area contributed by atoms with E-state index in [1.54, 1.807) is 12.3 Å². The van der Waals surface area contributed by atoms with Crippen LogP contribution in [0.2, 0.25) is 5.02 Å². The van der Waals surface area contributed by atoms with Gasteiger partial charge < -0.3 is 10.3 Å². The van der Waals surface area contributed by atoms with Gasteiger partial charge >= 0.3 is 0 Å². The maximum absolute atomic E-state index is 10.9. The molecule has 21 heavy (non-hydrogen) atoms. The molecule has 0 amide bonds. The van der Waals surface area contributed by atoms with Gasteiger partial charge in [-0.3, -0.25) is 10.1 Å². The normalized spacial score (nSPS) is 11.0. The molecule has 0 saturated carbocycles. The van der Waals surface area contributed by atoms with Gasteiger partial charge in [0.1, 0.15) is 10.8 Å². The minimum Gasteiger partial charge on any atom is -0.342 e. The molecule has 0 radical (unpaired) electrons. The second kappa shape index (κ2) is 6.69. The van der Waals surface area contributed by atoms with E-state index in [2.05, 4.69) is 29.1 Å². The highest BCUT2D eigenvalue weighted by Crippen LogP contribution is 2.29. The molecule has 0 aliphatic heterocycles. The lowest BCUT2D eigenvalue weighted by atomic mass is 10.1. The molecular weight excluding hydrogens is 292 g/mol. The number of nitro benzene ring substituents is 1. The van der Waals surface area contributed by atoms with Crippen LogP contribution >= 0.6 is 11.6 Å². The summed E-state index contributed by atoms with van der Waals surface area (Å²) >= 11 is 5.81. The Bertz CT molecular complexity index is 640. The van der Waals surface area contributed by atoms with E-state index < -0.39 is 4.92 Å². The molecule has 0 bridgehead atoms. The summed E-state index contributed by atoms with van der Waals surface area (Å²) in [7, 11) is 0. The largest absolute Gasteiger partial charge is 0.342 e. The SMILES string of the molecule is CC(C)NCCc1ncc(-c2ccc(Cl)c([N+](=O)[O-])c2)[nH]1. The Hall–Kier alpha value is -1.92. The number of halogens is 1.